The van der Waals surface area contributed by atoms with Gasteiger partial charge in [-0.2, -0.15) is 0 Å². The summed E-state index contributed by atoms with van der Waals surface area (Å²) in [4.78, 5) is 11.7. The molecule has 4 rings (SSSR count). The molecule has 0 aliphatic carbocycles. The van der Waals surface area contributed by atoms with Crippen molar-refractivity contribution in [1.29, 1.82) is 0 Å². The van der Waals surface area contributed by atoms with Gasteiger partial charge in [-0.25, -0.2) is 4.39 Å². The van der Waals surface area contributed by atoms with Gasteiger partial charge in [-0.05, 0) is 55.8 Å². The van der Waals surface area contributed by atoms with Gasteiger partial charge >= 0.3 is 0 Å². The second-order valence-corrected chi connectivity index (χ2v) is 6.82. The molecule has 132 valence electrons. The van der Waals surface area contributed by atoms with Crippen molar-refractivity contribution in [2.24, 2.45) is 0 Å². The molecule has 2 aromatic heterocycles. The predicted molar refractivity (Wildman–Crippen MR) is 101 cm³/mol. The Balaban J connectivity index is 1.52. The second kappa shape index (κ2) is 7.75. The van der Waals surface area contributed by atoms with Gasteiger partial charge in [0, 0.05) is 36.5 Å². The average Bonchev–Trinajstić information content (AvgIpc) is 2.69. The zero-order valence-corrected chi connectivity index (χ0v) is 14.7. The van der Waals surface area contributed by atoms with Crippen LogP contribution in [-0.4, -0.2) is 28.0 Å². The van der Waals surface area contributed by atoms with Crippen molar-refractivity contribution >= 4 is 0 Å². The monoisotopic (exact) mass is 347 g/mol. The van der Waals surface area contributed by atoms with Gasteiger partial charge in [0.15, 0.2) is 0 Å². The summed E-state index contributed by atoms with van der Waals surface area (Å²) in [5, 5.41) is 0. The van der Waals surface area contributed by atoms with Crippen LogP contribution in [0.2, 0.25) is 0 Å². The fourth-order valence-corrected chi connectivity index (χ4v) is 3.66. The average molecular weight is 347 g/mol. The van der Waals surface area contributed by atoms with Gasteiger partial charge in [-0.1, -0.05) is 24.3 Å². The summed E-state index contributed by atoms with van der Waals surface area (Å²) in [6.45, 7) is 2.91. The highest BCUT2D eigenvalue weighted by molar-refractivity contribution is 5.59. The highest BCUT2D eigenvalue weighted by Crippen LogP contribution is 2.29. The number of likely N-dealkylation sites (tertiary alicyclic amines) is 1. The molecule has 1 saturated heterocycles. The molecule has 1 unspecified atom stereocenters. The number of rotatable bonds is 4. The van der Waals surface area contributed by atoms with Crippen LogP contribution in [0.4, 0.5) is 4.39 Å². The summed E-state index contributed by atoms with van der Waals surface area (Å²) in [7, 11) is 0. The van der Waals surface area contributed by atoms with Crippen molar-refractivity contribution < 1.29 is 4.39 Å². The normalized spacial score (nSPS) is 18.0. The van der Waals surface area contributed by atoms with Crippen LogP contribution in [0.3, 0.4) is 0 Å². The first-order valence-corrected chi connectivity index (χ1v) is 9.14. The van der Waals surface area contributed by atoms with Gasteiger partial charge in [-0.3, -0.25) is 14.9 Å². The minimum absolute atomic E-state index is 0.224. The van der Waals surface area contributed by atoms with Gasteiger partial charge in [0.25, 0.3) is 0 Å². The summed E-state index contributed by atoms with van der Waals surface area (Å²) >= 11 is 0. The molecular weight excluding hydrogens is 325 g/mol. The van der Waals surface area contributed by atoms with Gasteiger partial charge in [0.05, 0.1) is 11.4 Å². The lowest BCUT2D eigenvalue weighted by Gasteiger charge is -2.32. The zero-order chi connectivity index (χ0) is 17.8. The molecule has 0 saturated carbocycles. The first-order chi connectivity index (χ1) is 12.8. The standard InChI is InChI=1S/C22H22FN3/c23-20-10-2-1-9-19(20)22-12-5-11-21(25-22)17-7-6-14-26(15-17)16-18-8-3-4-13-24-18/h1-5,8-13,17H,6-7,14-16H2. The molecule has 4 heteroatoms. The highest BCUT2D eigenvalue weighted by Gasteiger charge is 2.23. The Hall–Kier alpha value is -2.59. The lowest BCUT2D eigenvalue weighted by molar-refractivity contribution is 0.196. The Morgan fingerprint density at radius 2 is 1.88 bits per heavy atom. The Morgan fingerprint density at radius 1 is 1.00 bits per heavy atom. The quantitative estimate of drug-likeness (QED) is 0.687. The molecule has 3 heterocycles. The van der Waals surface area contributed by atoms with E-state index in [0.717, 1.165) is 43.9 Å². The van der Waals surface area contributed by atoms with E-state index in [1.165, 1.54) is 6.07 Å². The lowest BCUT2D eigenvalue weighted by atomic mass is 9.93. The number of aromatic nitrogens is 2. The number of piperidine rings is 1. The molecular formula is C22H22FN3. The van der Waals surface area contributed by atoms with Crippen LogP contribution >= 0.6 is 0 Å². The fourth-order valence-electron chi connectivity index (χ4n) is 3.66. The number of halogens is 1. The highest BCUT2D eigenvalue weighted by atomic mass is 19.1. The Bertz CT molecular complexity index is 866. The number of nitrogens with zero attached hydrogens (tertiary/aromatic N) is 3. The number of hydrogen-bond acceptors (Lipinski definition) is 3. The molecule has 0 bridgehead atoms. The van der Waals surface area contributed by atoms with Crippen LogP contribution in [-0.2, 0) is 6.54 Å². The maximum Gasteiger partial charge on any atom is 0.132 e. The molecule has 0 amide bonds. The molecule has 1 aliphatic heterocycles. The van der Waals surface area contributed by atoms with E-state index in [-0.39, 0.29) is 5.82 Å². The summed E-state index contributed by atoms with van der Waals surface area (Å²) in [5.41, 5.74) is 3.43. The van der Waals surface area contributed by atoms with Crippen molar-refractivity contribution in [2.75, 3.05) is 13.1 Å². The molecule has 0 spiro atoms. The van der Waals surface area contributed by atoms with Crippen molar-refractivity contribution in [1.82, 2.24) is 14.9 Å². The van der Waals surface area contributed by atoms with Gasteiger partial charge < -0.3 is 0 Å². The Kier molecular flexibility index (Phi) is 5.02. The smallest absolute Gasteiger partial charge is 0.132 e. The Labute approximate surface area is 153 Å². The van der Waals surface area contributed by atoms with Gasteiger partial charge in [-0.15, -0.1) is 0 Å². The molecule has 1 fully saturated rings. The van der Waals surface area contributed by atoms with E-state index in [2.05, 4.69) is 22.0 Å². The minimum Gasteiger partial charge on any atom is -0.297 e. The topological polar surface area (TPSA) is 29.0 Å². The van der Waals surface area contributed by atoms with Crippen molar-refractivity contribution in [2.45, 2.75) is 25.3 Å². The maximum absolute atomic E-state index is 14.1. The molecule has 3 nitrogen and oxygen atoms in total. The summed E-state index contributed by atoms with van der Waals surface area (Å²) in [5.74, 6) is 0.150. The van der Waals surface area contributed by atoms with E-state index >= 15 is 0 Å². The zero-order valence-electron chi connectivity index (χ0n) is 14.7. The largest absolute Gasteiger partial charge is 0.297 e. The summed E-state index contributed by atoms with van der Waals surface area (Å²) in [6, 6.07) is 18.8. The Morgan fingerprint density at radius 3 is 2.73 bits per heavy atom. The molecule has 1 aromatic carbocycles. The fraction of sp³-hybridized carbons (Fsp3) is 0.273. The third kappa shape index (κ3) is 3.81. The number of benzene rings is 1. The van der Waals surface area contributed by atoms with Crippen LogP contribution in [0, 0.1) is 5.82 Å². The maximum atomic E-state index is 14.1. The van der Waals surface area contributed by atoms with Crippen LogP contribution in [0.1, 0.15) is 30.1 Å². The minimum atomic E-state index is -0.224. The molecule has 1 atom stereocenters. The van der Waals surface area contributed by atoms with Crippen molar-refractivity contribution in [3.8, 4) is 11.3 Å². The van der Waals surface area contributed by atoms with Gasteiger partial charge in [0.1, 0.15) is 5.82 Å². The van der Waals surface area contributed by atoms with Crippen LogP contribution in [0.5, 0.6) is 0 Å². The predicted octanol–water partition coefficient (Wildman–Crippen LogP) is 4.66. The second-order valence-electron chi connectivity index (χ2n) is 6.82. The van der Waals surface area contributed by atoms with E-state index in [9.17, 15) is 4.39 Å². The first kappa shape index (κ1) is 16.9. The van der Waals surface area contributed by atoms with Crippen LogP contribution in [0.15, 0.2) is 66.9 Å². The number of pyridine rings is 2. The third-order valence-electron chi connectivity index (χ3n) is 4.96. The summed E-state index contributed by atoms with van der Waals surface area (Å²) in [6.07, 6.45) is 4.10. The van der Waals surface area contributed by atoms with Gasteiger partial charge in [0.2, 0.25) is 0 Å². The van der Waals surface area contributed by atoms with Crippen molar-refractivity contribution in [3.05, 3.63) is 84.1 Å². The SMILES string of the molecule is Fc1ccccc1-c1cccc(C2CCCN(Cc3ccccn3)C2)n1. The third-order valence-corrected chi connectivity index (χ3v) is 4.96. The molecule has 26 heavy (non-hydrogen) atoms. The molecule has 0 N–H and O–H groups in total. The van der Waals surface area contributed by atoms with Crippen LogP contribution < -0.4 is 0 Å². The van der Waals surface area contributed by atoms with Crippen molar-refractivity contribution in [3.63, 3.8) is 0 Å². The number of hydrogen-bond donors (Lipinski definition) is 0. The van der Waals surface area contributed by atoms with E-state index < -0.39 is 0 Å². The lowest BCUT2D eigenvalue weighted by Crippen LogP contribution is -2.34. The van der Waals surface area contributed by atoms with E-state index in [0.29, 0.717) is 17.2 Å². The molecule has 0 radical (unpaired) electrons. The molecule has 3 aromatic rings. The van der Waals surface area contributed by atoms with E-state index in [1.807, 2.05) is 36.5 Å². The van der Waals surface area contributed by atoms with E-state index in [1.54, 1.807) is 12.1 Å². The van der Waals surface area contributed by atoms with Crippen LogP contribution in [0.25, 0.3) is 11.3 Å². The first-order valence-electron chi connectivity index (χ1n) is 9.14. The molecule has 1 aliphatic rings. The van der Waals surface area contributed by atoms with E-state index in [4.69, 9.17) is 4.98 Å². The summed E-state index contributed by atoms with van der Waals surface area (Å²) < 4.78 is 14.1.